The molecule has 1 unspecified atom stereocenters. The van der Waals surface area contributed by atoms with Gasteiger partial charge >= 0.3 is 0 Å². The van der Waals surface area contributed by atoms with Gasteiger partial charge in [-0.05, 0) is 49.0 Å². The standard InChI is InChI=1S/C24H28ClN5O2S/c1-17-19(25)8-5-9-20(17)27-24(33)30-11-10-26-23(32)21(30)16-22(31)29-14-12-28(13-15-29)18-6-3-2-4-7-18/h2-9,21H,10-16H2,1H3,(H,26,32)(H,27,33). The summed E-state index contributed by atoms with van der Waals surface area (Å²) in [5.41, 5.74) is 2.84. The lowest BCUT2D eigenvalue weighted by Crippen LogP contribution is -2.60. The minimum Gasteiger partial charge on any atom is -0.368 e. The van der Waals surface area contributed by atoms with Crippen LogP contribution in [0.25, 0.3) is 0 Å². The van der Waals surface area contributed by atoms with Gasteiger partial charge < -0.3 is 25.3 Å². The molecule has 2 aromatic rings. The molecule has 33 heavy (non-hydrogen) atoms. The van der Waals surface area contributed by atoms with E-state index < -0.39 is 6.04 Å². The van der Waals surface area contributed by atoms with E-state index in [1.807, 2.05) is 53.1 Å². The highest BCUT2D eigenvalue weighted by atomic mass is 35.5. The minimum atomic E-state index is -0.641. The molecule has 4 rings (SSSR count). The molecule has 2 saturated heterocycles. The first kappa shape index (κ1) is 23.3. The van der Waals surface area contributed by atoms with E-state index in [9.17, 15) is 9.59 Å². The number of para-hydroxylation sites is 1. The highest BCUT2D eigenvalue weighted by molar-refractivity contribution is 7.80. The molecule has 0 aliphatic carbocycles. The Morgan fingerprint density at radius 1 is 1.09 bits per heavy atom. The zero-order chi connectivity index (χ0) is 23.4. The summed E-state index contributed by atoms with van der Waals surface area (Å²) in [6.45, 7) is 5.73. The van der Waals surface area contributed by atoms with Gasteiger partial charge in [0.2, 0.25) is 11.8 Å². The van der Waals surface area contributed by atoms with Gasteiger partial charge in [-0.2, -0.15) is 0 Å². The van der Waals surface area contributed by atoms with E-state index in [1.165, 1.54) is 0 Å². The quantitative estimate of drug-likeness (QED) is 0.649. The number of benzene rings is 2. The Morgan fingerprint density at radius 2 is 1.82 bits per heavy atom. The summed E-state index contributed by atoms with van der Waals surface area (Å²) in [5.74, 6) is -0.207. The molecular formula is C24H28ClN5O2S. The van der Waals surface area contributed by atoms with Crippen LogP contribution in [0.3, 0.4) is 0 Å². The largest absolute Gasteiger partial charge is 0.368 e. The first-order valence-corrected chi connectivity index (χ1v) is 11.9. The summed E-state index contributed by atoms with van der Waals surface area (Å²) in [4.78, 5) is 31.7. The molecule has 2 heterocycles. The zero-order valence-electron chi connectivity index (χ0n) is 18.6. The van der Waals surface area contributed by atoms with E-state index in [0.717, 1.165) is 30.0 Å². The molecule has 2 amide bonds. The zero-order valence-corrected chi connectivity index (χ0v) is 20.2. The molecule has 0 bridgehead atoms. The lowest BCUT2D eigenvalue weighted by Gasteiger charge is -2.39. The van der Waals surface area contributed by atoms with Crippen LogP contribution < -0.4 is 15.5 Å². The van der Waals surface area contributed by atoms with Gasteiger partial charge in [0.15, 0.2) is 5.11 Å². The van der Waals surface area contributed by atoms with Crippen molar-refractivity contribution in [1.82, 2.24) is 15.1 Å². The molecule has 0 radical (unpaired) electrons. The summed E-state index contributed by atoms with van der Waals surface area (Å²) in [7, 11) is 0. The average Bonchev–Trinajstić information content (AvgIpc) is 2.84. The number of hydrogen-bond donors (Lipinski definition) is 2. The van der Waals surface area contributed by atoms with Crippen molar-refractivity contribution in [1.29, 1.82) is 0 Å². The Morgan fingerprint density at radius 3 is 2.55 bits per heavy atom. The summed E-state index contributed by atoms with van der Waals surface area (Å²) in [5, 5.41) is 7.14. The molecule has 9 heteroatoms. The van der Waals surface area contributed by atoms with Crippen LogP contribution in [0.2, 0.25) is 5.02 Å². The van der Waals surface area contributed by atoms with E-state index in [0.29, 0.717) is 36.3 Å². The maximum atomic E-state index is 13.1. The number of anilines is 2. The predicted molar refractivity (Wildman–Crippen MR) is 136 cm³/mol. The van der Waals surface area contributed by atoms with Crippen molar-refractivity contribution in [3.63, 3.8) is 0 Å². The van der Waals surface area contributed by atoms with Crippen LogP contribution in [0.4, 0.5) is 11.4 Å². The second-order valence-corrected chi connectivity index (χ2v) is 9.04. The topological polar surface area (TPSA) is 67.9 Å². The fourth-order valence-electron chi connectivity index (χ4n) is 4.24. The third-order valence-electron chi connectivity index (χ3n) is 6.22. The Hall–Kier alpha value is -2.84. The Bertz CT molecular complexity index is 1030. The number of piperazine rings is 2. The maximum absolute atomic E-state index is 13.1. The number of amides is 2. The Labute approximate surface area is 204 Å². The molecule has 2 N–H and O–H groups in total. The van der Waals surface area contributed by atoms with Crippen molar-refractivity contribution < 1.29 is 9.59 Å². The van der Waals surface area contributed by atoms with Gasteiger partial charge in [0, 0.05) is 55.7 Å². The van der Waals surface area contributed by atoms with Gasteiger partial charge in [0.25, 0.3) is 0 Å². The molecule has 2 aromatic carbocycles. The second kappa shape index (κ2) is 10.4. The van der Waals surface area contributed by atoms with Crippen LogP contribution in [-0.2, 0) is 9.59 Å². The van der Waals surface area contributed by atoms with Crippen molar-refractivity contribution in [2.75, 3.05) is 49.5 Å². The smallest absolute Gasteiger partial charge is 0.243 e. The van der Waals surface area contributed by atoms with Crippen molar-refractivity contribution >= 4 is 52.1 Å². The molecule has 0 saturated carbocycles. The fraction of sp³-hybridized carbons (Fsp3) is 0.375. The number of nitrogens with one attached hydrogen (secondary N) is 2. The van der Waals surface area contributed by atoms with E-state index >= 15 is 0 Å². The molecule has 2 aliphatic heterocycles. The number of rotatable bonds is 4. The summed E-state index contributed by atoms with van der Waals surface area (Å²) < 4.78 is 0. The van der Waals surface area contributed by atoms with Crippen LogP contribution in [0, 0.1) is 6.92 Å². The van der Waals surface area contributed by atoms with Gasteiger partial charge in [0.05, 0.1) is 6.42 Å². The Balaban J connectivity index is 1.38. The monoisotopic (exact) mass is 485 g/mol. The first-order chi connectivity index (χ1) is 15.9. The molecular weight excluding hydrogens is 458 g/mol. The van der Waals surface area contributed by atoms with Crippen LogP contribution >= 0.6 is 23.8 Å². The van der Waals surface area contributed by atoms with Crippen LogP contribution in [-0.4, -0.2) is 72.0 Å². The van der Waals surface area contributed by atoms with Gasteiger partial charge in [0.1, 0.15) is 6.04 Å². The summed E-state index contributed by atoms with van der Waals surface area (Å²) >= 11 is 11.9. The summed E-state index contributed by atoms with van der Waals surface area (Å²) in [6.07, 6.45) is 0.0908. The van der Waals surface area contributed by atoms with Gasteiger partial charge in [-0.15, -0.1) is 0 Å². The lowest BCUT2D eigenvalue weighted by atomic mass is 10.1. The molecule has 7 nitrogen and oxygen atoms in total. The van der Waals surface area contributed by atoms with Crippen molar-refractivity contribution in [3.8, 4) is 0 Å². The number of carbonyl (C=O) groups excluding carboxylic acids is 2. The number of halogens is 1. The predicted octanol–water partition coefficient (Wildman–Crippen LogP) is 2.88. The van der Waals surface area contributed by atoms with E-state index in [-0.39, 0.29) is 18.2 Å². The van der Waals surface area contributed by atoms with Crippen molar-refractivity contribution in [3.05, 3.63) is 59.1 Å². The molecule has 2 fully saturated rings. The van der Waals surface area contributed by atoms with Gasteiger partial charge in [-0.1, -0.05) is 35.9 Å². The molecule has 0 aromatic heterocycles. The van der Waals surface area contributed by atoms with Gasteiger partial charge in [-0.3, -0.25) is 9.59 Å². The molecule has 174 valence electrons. The minimum absolute atomic E-state index is 0.0310. The SMILES string of the molecule is Cc1c(Cl)cccc1NC(=S)N1CCNC(=O)C1CC(=O)N1CCN(c2ccccc2)CC1. The highest BCUT2D eigenvalue weighted by Crippen LogP contribution is 2.24. The molecule has 0 spiro atoms. The lowest BCUT2D eigenvalue weighted by molar-refractivity contribution is -0.137. The van der Waals surface area contributed by atoms with Crippen LogP contribution in [0.15, 0.2) is 48.5 Å². The van der Waals surface area contributed by atoms with E-state index in [4.69, 9.17) is 23.8 Å². The number of thiocarbonyl (C=S) groups is 1. The van der Waals surface area contributed by atoms with Crippen LogP contribution in [0.1, 0.15) is 12.0 Å². The van der Waals surface area contributed by atoms with E-state index in [1.54, 1.807) is 0 Å². The number of carbonyl (C=O) groups is 2. The Kier molecular flexibility index (Phi) is 7.35. The highest BCUT2D eigenvalue weighted by Gasteiger charge is 2.35. The fourth-order valence-corrected chi connectivity index (χ4v) is 4.74. The third kappa shape index (κ3) is 5.39. The van der Waals surface area contributed by atoms with Crippen LogP contribution in [0.5, 0.6) is 0 Å². The van der Waals surface area contributed by atoms with E-state index in [2.05, 4.69) is 27.7 Å². The average molecular weight is 486 g/mol. The molecule has 1 atom stereocenters. The summed E-state index contributed by atoms with van der Waals surface area (Å²) in [6, 6.07) is 15.1. The van der Waals surface area contributed by atoms with Gasteiger partial charge in [-0.25, -0.2) is 0 Å². The van der Waals surface area contributed by atoms with Crippen molar-refractivity contribution in [2.24, 2.45) is 0 Å². The second-order valence-electron chi connectivity index (χ2n) is 8.25. The van der Waals surface area contributed by atoms with Crippen molar-refractivity contribution in [2.45, 2.75) is 19.4 Å². The first-order valence-electron chi connectivity index (χ1n) is 11.1. The number of hydrogen-bond acceptors (Lipinski definition) is 4. The normalized spacial score (nSPS) is 18.7. The number of nitrogens with zero attached hydrogens (tertiary/aromatic N) is 3. The molecule has 2 aliphatic rings. The third-order valence-corrected chi connectivity index (χ3v) is 6.97. The maximum Gasteiger partial charge on any atom is 0.243 e.